The van der Waals surface area contributed by atoms with E-state index in [-0.39, 0.29) is 17.6 Å². The van der Waals surface area contributed by atoms with E-state index in [2.05, 4.69) is 5.32 Å². The molecule has 0 aromatic heterocycles. The predicted octanol–water partition coefficient (Wildman–Crippen LogP) is 3.83. The van der Waals surface area contributed by atoms with E-state index < -0.39 is 6.04 Å². The summed E-state index contributed by atoms with van der Waals surface area (Å²) in [5, 5.41) is 2.85. The summed E-state index contributed by atoms with van der Waals surface area (Å²) in [6.07, 6.45) is 2.21. The lowest BCUT2D eigenvalue weighted by atomic mass is 10.00. The Hall–Kier alpha value is -2.69. The van der Waals surface area contributed by atoms with Gasteiger partial charge >= 0.3 is 0 Å². The largest absolute Gasteiger partial charge is 0.327 e. The summed E-state index contributed by atoms with van der Waals surface area (Å²) in [6, 6.07) is 12.8. The lowest BCUT2D eigenvalue weighted by Crippen LogP contribution is -2.43. The van der Waals surface area contributed by atoms with Gasteiger partial charge in [-0.2, -0.15) is 0 Å². The van der Waals surface area contributed by atoms with Crippen molar-refractivity contribution < 1.29 is 14.0 Å². The topological polar surface area (TPSA) is 49.4 Å². The Morgan fingerprint density at radius 2 is 1.92 bits per heavy atom. The Kier molecular flexibility index (Phi) is 5.12. The van der Waals surface area contributed by atoms with Crippen molar-refractivity contribution in [1.29, 1.82) is 0 Å². The maximum Gasteiger partial charge on any atom is 0.251 e. The van der Waals surface area contributed by atoms with Crippen molar-refractivity contribution >= 4 is 17.5 Å². The number of halogens is 1. The molecule has 2 amide bonds. The zero-order valence-corrected chi connectivity index (χ0v) is 14.2. The molecule has 0 unspecified atom stereocenters. The van der Waals surface area contributed by atoms with Crippen LogP contribution in [0, 0.1) is 12.7 Å². The highest BCUT2D eigenvalue weighted by Gasteiger charge is 2.32. The summed E-state index contributed by atoms with van der Waals surface area (Å²) in [6.45, 7) is 2.30. The van der Waals surface area contributed by atoms with Crippen LogP contribution < -0.4 is 5.32 Å². The maximum atomic E-state index is 13.3. The summed E-state index contributed by atoms with van der Waals surface area (Å²) in [7, 11) is 0. The number of nitrogens with one attached hydrogen (secondary N) is 1. The van der Waals surface area contributed by atoms with Gasteiger partial charge in [-0.25, -0.2) is 4.39 Å². The third-order valence-corrected chi connectivity index (χ3v) is 4.48. The molecule has 1 saturated heterocycles. The minimum Gasteiger partial charge on any atom is -0.327 e. The molecule has 1 aliphatic rings. The van der Waals surface area contributed by atoms with Crippen LogP contribution >= 0.6 is 0 Å². The van der Waals surface area contributed by atoms with Crippen LogP contribution in [0.3, 0.4) is 0 Å². The number of hydrogen-bond donors (Lipinski definition) is 1. The van der Waals surface area contributed by atoms with Crippen molar-refractivity contribution in [2.24, 2.45) is 0 Å². The zero-order valence-electron chi connectivity index (χ0n) is 14.2. The van der Waals surface area contributed by atoms with Crippen LogP contribution in [0.15, 0.2) is 48.5 Å². The van der Waals surface area contributed by atoms with Gasteiger partial charge in [-0.15, -0.1) is 0 Å². The van der Waals surface area contributed by atoms with Gasteiger partial charge in [-0.1, -0.05) is 30.3 Å². The van der Waals surface area contributed by atoms with E-state index in [1.54, 1.807) is 17.9 Å². The molecular formula is C20H21FN2O2. The second kappa shape index (κ2) is 7.47. The Bertz CT molecular complexity index is 777. The first-order valence-electron chi connectivity index (χ1n) is 8.47. The monoisotopic (exact) mass is 340 g/mol. The van der Waals surface area contributed by atoms with Crippen LogP contribution in [-0.4, -0.2) is 23.3 Å². The fourth-order valence-corrected chi connectivity index (χ4v) is 3.18. The molecule has 1 N–H and O–H groups in total. The molecule has 0 radical (unpaired) electrons. The number of anilines is 1. The highest BCUT2D eigenvalue weighted by molar-refractivity contribution is 5.98. The van der Waals surface area contributed by atoms with Crippen LogP contribution in [-0.2, 0) is 9.59 Å². The first-order chi connectivity index (χ1) is 12.1. The smallest absolute Gasteiger partial charge is 0.251 e. The normalized spacial score (nSPS) is 15.8. The van der Waals surface area contributed by atoms with E-state index in [0.29, 0.717) is 24.2 Å². The molecule has 0 bridgehead atoms. The molecule has 0 spiro atoms. The van der Waals surface area contributed by atoms with Gasteiger partial charge in [0.1, 0.15) is 11.9 Å². The lowest BCUT2D eigenvalue weighted by molar-refractivity contribution is -0.141. The number of carbonyl (C=O) groups is 2. The quantitative estimate of drug-likeness (QED) is 0.920. The van der Waals surface area contributed by atoms with E-state index in [1.807, 2.05) is 30.3 Å². The minimum atomic E-state index is -0.682. The van der Waals surface area contributed by atoms with Crippen molar-refractivity contribution in [3.05, 3.63) is 65.5 Å². The molecule has 2 aromatic rings. The standard InChI is InChI=1S/C20H21FN2O2/c1-14-13-16(21)10-11-17(14)22-20(25)19(15-7-3-2-4-8-15)23-12-6-5-9-18(23)24/h2-4,7-8,10-11,13,19H,5-6,9,12H2,1H3,(H,22,25)/t19-/m0/s1. The summed E-state index contributed by atoms with van der Waals surface area (Å²) in [5.41, 5.74) is 1.97. The van der Waals surface area contributed by atoms with Gasteiger partial charge in [0.25, 0.3) is 5.91 Å². The zero-order chi connectivity index (χ0) is 17.8. The van der Waals surface area contributed by atoms with Crippen molar-refractivity contribution in [3.63, 3.8) is 0 Å². The van der Waals surface area contributed by atoms with E-state index in [4.69, 9.17) is 0 Å². The first kappa shape index (κ1) is 17.1. The number of hydrogen-bond acceptors (Lipinski definition) is 2. The highest BCUT2D eigenvalue weighted by Crippen LogP contribution is 2.27. The Labute approximate surface area is 146 Å². The fourth-order valence-electron chi connectivity index (χ4n) is 3.18. The highest BCUT2D eigenvalue weighted by atomic mass is 19.1. The summed E-state index contributed by atoms with van der Waals surface area (Å²) in [5.74, 6) is -0.636. The van der Waals surface area contributed by atoms with Gasteiger partial charge in [-0.3, -0.25) is 9.59 Å². The number of piperidine rings is 1. The molecule has 25 heavy (non-hydrogen) atoms. The number of aryl methyl sites for hydroxylation is 1. The Morgan fingerprint density at radius 3 is 2.60 bits per heavy atom. The molecule has 1 aliphatic heterocycles. The third-order valence-electron chi connectivity index (χ3n) is 4.48. The van der Waals surface area contributed by atoms with Gasteiger partial charge in [0.2, 0.25) is 5.91 Å². The van der Waals surface area contributed by atoms with Crippen molar-refractivity contribution in [2.75, 3.05) is 11.9 Å². The molecule has 2 aromatic carbocycles. The minimum absolute atomic E-state index is 0.00826. The van der Waals surface area contributed by atoms with Gasteiger partial charge in [-0.05, 0) is 49.1 Å². The van der Waals surface area contributed by atoms with Gasteiger partial charge in [0, 0.05) is 18.7 Å². The second-order valence-electron chi connectivity index (χ2n) is 6.31. The summed E-state index contributed by atoms with van der Waals surface area (Å²) >= 11 is 0. The average molecular weight is 340 g/mol. The number of nitrogens with zero attached hydrogens (tertiary/aromatic N) is 1. The molecular weight excluding hydrogens is 319 g/mol. The van der Waals surface area contributed by atoms with Gasteiger partial charge in [0.05, 0.1) is 0 Å². The fraction of sp³-hybridized carbons (Fsp3) is 0.300. The number of amides is 2. The van der Waals surface area contributed by atoms with Crippen molar-refractivity contribution in [1.82, 2.24) is 4.90 Å². The third kappa shape index (κ3) is 3.87. The average Bonchev–Trinajstić information content (AvgIpc) is 2.60. The first-order valence-corrected chi connectivity index (χ1v) is 8.47. The molecule has 1 heterocycles. The van der Waals surface area contributed by atoms with E-state index in [9.17, 15) is 14.0 Å². The Morgan fingerprint density at radius 1 is 1.16 bits per heavy atom. The SMILES string of the molecule is Cc1cc(F)ccc1NC(=O)[C@H](c1ccccc1)N1CCCCC1=O. The molecule has 0 saturated carbocycles. The molecule has 1 atom stereocenters. The van der Waals surface area contributed by atoms with Crippen molar-refractivity contribution in [2.45, 2.75) is 32.2 Å². The van der Waals surface area contributed by atoms with Crippen LogP contribution in [0.4, 0.5) is 10.1 Å². The molecule has 5 heteroatoms. The number of carbonyl (C=O) groups excluding carboxylic acids is 2. The summed E-state index contributed by atoms with van der Waals surface area (Å²) in [4.78, 5) is 27.0. The van der Waals surface area contributed by atoms with E-state index in [0.717, 1.165) is 18.4 Å². The molecule has 3 rings (SSSR count). The van der Waals surface area contributed by atoms with Crippen LogP contribution in [0.2, 0.25) is 0 Å². The van der Waals surface area contributed by atoms with Crippen LogP contribution in [0.25, 0.3) is 0 Å². The van der Waals surface area contributed by atoms with Crippen LogP contribution in [0.1, 0.15) is 36.4 Å². The maximum absolute atomic E-state index is 13.3. The molecule has 0 aliphatic carbocycles. The number of likely N-dealkylation sites (tertiary alicyclic amines) is 1. The van der Waals surface area contributed by atoms with E-state index >= 15 is 0 Å². The van der Waals surface area contributed by atoms with Gasteiger partial charge in [0.15, 0.2) is 0 Å². The lowest BCUT2D eigenvalue weighted by Gasteiger charge is -2.34. The second-order valence-corrected chi connectivity index (χ2v) is 6.31. The van der Waals surface area contributed by atoms with Crippen LogP contribution in [0.5, 0.6) is 0 Å². The molecule has 130 valence electrons. The van der Waals surface area contributed by atoms with Gasteiger partial charge < -0.3 is 10.2 Å². The molecule has 1 fully saturated rings. The molecule has 4 nitrogen and oxygen atoms in total. The van der Waals surface area contributed by atoms with Crippen molar-refractivity contribution in [3.8, 4) is 0 Å². The van der Waals surface area contributed by atoms with E-state index in [1.165, 1.54) is 12.1 Å². The number of benzene rings is 2. The summed E-state index contributed by atoms with van der Waals surface area (Å²) < 4.78 is 13.3. The Balaban J connectivity index is 1.90. The number of rotatable bonds is 4. The predicted molar refractivity (Wildman–Crippen MR) is 94.5 cm³/mol.